The van der Waals surface area contributed by atoms with Gasteiger partial charge in [-0.25, -0.2) is 0 Å². The number of carbonyl (C=O) groups is 2. The van der Waals surface area contributed by atoms with Gasteiger partial charge >= 0.3 is 0 Å². The molecule has 4 nitrogen and oxygen atoms in total. The maximum Gasteiger partial charge on any atom is 0.258 e. The maximum absolute atomic E-state index is 13.2. The van der Waals surface area contributed by atoms with Crippen molar-refractivity contribution in [3.8, 4) is 0 Å². The van der Waals surface area contributed by atoms with E-state index < -0.39 is 0 Å². The number of halogens is 1. The summed E-state index contributed by atoms with van der Waals surface area (Å²) in [5.74, 6) is -0.377. The monoisotopic (exact) mass is 468 g/mol. The lowest BCUT2D eigenvalue weighted by Gasteiger charge is -2.14. The first-order chi connectivity index (χ1) is 14.0. The molecule has 2 N–H and O–H groups in total. The second-order valence-corrected chi connectivity index (χ2v) is 9.17. The summed E-state index contributed by atoms with van der Waals surface area (Å²) in [7, 11) is 0. The summed E-state index contributed by atoms with van der Waals surface area (Å²) in [6.07, 6.45) is 4.01. The maximum atomic E-state index is 13.2. The molecule has 0 radical (unpaired) electrons. The molecule has 0 aliphatic heterocycles. The van der Waals surface area contributed by atoms with Gasteiger partial charge in [-0.2, -0.15) is 0 Å². The van der Waals surface area contributed by atoms with Gasteiger partial charge < -0.3 is 10.6 Å². The van der Waals surface area contributed by atoms with E-state index in [9.17, 15) is 9.59 Å². The standard InChI is InChI=1S/C23H21BrN2O2S/c1-14-7-2-4-11-18(14)25-22(28)20-17-10-3-5-12-19(17)29-23(20)26-21(27)15-8-6-9-16(24)13-15/h2,4,6-9,11,13H,3,5,10,12H2,1H3,(H,25,28)(H,26,27). The van der Waals surface area contributed by atoms with Crippen molar-refractivity contribution < 1.29 is 9.59 Å². The number of hydrogen-bond donors (Lipinski definition) is 2. The van der Waals surface area contributed by atoms with Crippen LogP contribution in [0.1, 0.15) is 49.6 Å². The van der Waals surface area contributed by atoms with Crippen LogP contribution in [0.3, 0.4) is 0 Å². The molecule has 2 aromatic carbocycles. The molecule has 0 spiro atoms. The fourth-order valence-corrected chi connectivity index (χ4v) is 5.28. The summed E-state index contributed by atoms with van der Waals surface area (Å²) in [5, 5.41) is 6.66. The molecule has 0 atom stereocenters. The van der Waals surface area contributed by atoms with Crippen molar-refractivity contribution in [3.05, 3.63) is 80.1 Å². The number of carbonyl (C=O) groups excluding carboxylic acids is 2. The molecule has 4 rings (SSSR count). The Kier molecular flexibility index (Phi) is 5.83. The smallest absolute Gasteiger partial charge is 0.258 e. The Morgan fingerprint density at radius 2 is 1.76 bits per heavy atom. The largest absolute Gasteiger partial charge is 0.322 e. The topological polar surface area (TPSA) is 58.2 Å². The molecule has 0 saturated carbocycles. The van der Waals surface area contributed by atoms with E-state index >= 15 is 0 Å². The molecule has 148 valence electrons. The molecular formula is C23H21BrN2O2S. The lowest BCUT2D eigenvalue weighted by molar-refractivity contribution is 0.102. The Hall–Kier alpha value is -2.44. The first-order valence-corrected chi connectivity index (χ1v) is 11.2. The third kappa shape index (κ3) is 4.28. The predicted molar refractivity (Wildman–Crippen MR) is 122 cm³/mol. The minimum atomic E-state index is -0.213. The fraction of sp³-hybridized carbons (Fsp3) is 0.217. The zero-order chi connectivity index (χ0) is 20.4. The summed E-state index contributed by atoms with van der Waals surface area (Å²) >= 11 is 4.93. The minimum absolute atomic E-state index is 0.164. The second kappa shape index (κ2) is 8.51. The summed E-state index contributed by atoms with van der Waals surface area (Å²) in [6, 6.07) is 15.0. The van der Waals surface area contributed by atoms with E-state index in [2.05, 4.69) is 26.6 Å². The molecule has 1 aliphatic rings. The van der Waals surface area contributed by atoms with Crippen molar-refractivity contribution in [2.45, 2.75) is 32.6 Å². The average Bonchev–Trinajstić information content (AvgIpc) is 3.07. The molecule has 2 amide bonds. The van der Waals surface area contributed by atoms with Crippen molar-refractivity contribution in [2.24, 2.45) is 0 Å². The van der Waals surface area contributed by atoms with Crippen LogP contribution in [0.5, 0.6) is 0 Å². The van der Waals surface area contributed by atoms with Gasteiger partial charge in [-0.1, -0.05) is 40.2 Å². The molecular weight excluding hydrogens is 448 g/mol. The normalized spacial score (nSPS) is 12.9. The van der Waals surface area contributed by atoms with Gasteiger partial charge in [0.2, 0.25) is 0 Å². The van der Waals surface area contributed by atoms with E-state index in [0.29, 0.717) is 16.1 Å². The molecule has 29 heavy (non-hydrogen) atoms. The number of para-hydroxylation sites is 1. The van der Waals surface area contributed by atoms with Crippen molar-refractivity contribution in [2.75, 3.05) is 10.6 Å². The van der Waals surface area contributed by atoms with Crippen LogP contribution in [-0.4, -0.2) is 11.8 Å². The summed E-state index contributed by atoms with van der Waals surface area (Å²) in [4.78, 5) is 27.2. The molecule has 1 aliphatic carbocycles. The highest BCUT2D eigenvalue weighted by molar-refractivity contribution is 9.10. The van der Waals surface area contributed by atoms with Crippen molar-refractivity contribution >= 4 is 49.8 Å². The van der Waals surface area contributed by atoms with E-state index in [-0.39, 0.29) is 11.8 Å². The highest BCUT2D eigenvalue weighted by Gasteiger charge is 2.27. The predicted octanol–water partition coefficient (Wildman–Crippen LogP) is 6.20. The van der Waals surface area contributed by atoms with Crippen LogP contribution < -0.4 is 10.6 Å². The van der Waals surface area contributed by atoms with Crippen LogP contribution >= 0.6 is 27.3 Å². The van der Waals surface area contributed by atoms with Gasteiger partial charge in [-0.15, -0.1) is 11.3 Å². The highest BCUT2D eigenvalue weighted by atomic mass is 79.9. The number of aryl methyl sites for hydroxylation is 2. The zero-order valence-electron chi connectivity index (χ0n) is 16.0. The molecule has 1 aromatic heterocycles. The number of anilines is 2. The second-order valence-electron chi connectivity index (χ2n) is 7.15. The first-order valence-electron chi connectivity index (χ1n) is 9.61. The Bertz CT molecular complexity index is 1090. The Balaban J connectivity index is 1.67. The fourth-order valence-electron chi connectivity index (χ4n) is 3.60. The van der Waals surface area contributed by atoms with E-state index in [1.807, 2.05) is 43.3 Å². The van der Waals surface area contributed by atoms with E-state index in [4.69, 9.17) is 0 Å². The van der Waals surface area contributed by atoms with E-state index in [1.165, 1.54) is 16.2 Å². The number of benzene rings is 2. The van der Waals surface area contributed by atoms with Gasteiger partial charge in [-0.3, -0.25) is 9.59 Å². The van der Waals surface area contributed by atoms with Gasteiger partial charge in [0.05, 0.1) is 5.56 Å². The molecule has 3 aromatic rings. The molecule has 0 saturated heterocycles. The molecule has 6 heteroatoms. The van der Waals surface area contributed by atoms with Gasteiger partial charge in [0.15, 0.2) is 0 Å². The van der Waals surface area contributed by atoms with Crippen molar-refractivity contribution in [1.82, 2.24) is 0 Å². The Labute approximate surface area is 182 Å². The van der Waals surface area contributed by atoms with Crippen molar-refractivity contribution in [3.63, 3.8) is 0 Å². The summed E-state index contributed by atoms with van der Waals surface area (Å²) in [6.45, 7) is 1.97. The van der Waals surface area contributed by atoms with Crippen LogP contribution in [0.2, 0.25) is 0 Å². The summed E-state index contributed by atoms with van der Waals surface area (Å²) < 4.78 is 0.841. The number of thiophene rings is 1. The lowest BCUT2D eigenvalue weighted by atomic mass is 9.95. The first kappa shape index (κ1) is 19.9. The van der Waals surface area contributed by atoms with Gasteiger partial charge in [0, 0.05) is 20.6 Å². The average molecular weight is 469 g/mol. The number of amides is 2. The third-order valence-electron chi connectivity index (χ3n) is 5.11. The lowest BCUT2D eigenvalue weighted by Crippen LogP contribution is -2.19. The zero-order valence-corrected chi connectivity index (χ0v) is 18.5. The highest BCUT2D eigenvalue weighted by Crippen LogP contribution is 2.39. The quantitative estimate of drug-likeness (QED) is 0.478. The number of nitrogens with one attached hydrogen (secondary N) is 2. The molecule has 0 bridgehead atoms. The number of rotatable bonds is 4. The van der Waals surface area contributed by atoms with Gasteiger partial charge in [0.1, 0.15) is 5.00 Å². The SMILES string of the molecule is Cc1ccccc1NC(=O)c1c(NC(=O)c2cccc(Br)c2)sc2c1CCCC2. The Morgan fingerprint density at radius 3 is 2.55 bits per heavy atom. The molecule has 1 heterocycles. The van der Waals surface area contributed by atoms with Crippen LogP contribution in [0.15, 0.2) is 53.0 Å². The van der Waals surface area contributed by atoms with E-state index in [1.54, 1.807) is 12.1 Å². The Morgan fingerprint density at radius 1 is 0.966 bits per heavy atom. The minimum Gasteiger partial charge on any atom is -0.322 e. The molecule has 0 fully saturated rings. The summed E-state index contributed by atoms with van der Waals surface area (Å²) in [5.41, 5.74) is 4.03. The number of fused-ring (bicyclic) bond motifs is 1. The van der Waals surface area contributed by atoms with Crippen LogP contribution in [0.25, 0.3) is 0 Å². The van der Waals surface area contributed by atoms with Crippen LogP contribution in [-0.2, 0) is 12.8 Å². The molecule has 0 unspecified atom stereocenters. The number of hydrogen-bond acceptors (Lipinski definition) is 3. The van der Waals surface area contributed by atoms with Crippen LogP contribution in [0.4, 0.5) is 10.7 Å². The van der Waals surface area contributed by atoms with Crippen molar-refractivity contribution in [1.29, 1.82) is 0 Å². The third-order valence-corrected chi connectivity index (χ3v) is 6.81. The van der Waals surface area contributed by atoms with Gasteiger partial charge in [-0.05, 0) is 68.0 Å². The van der Waals surface area contributed by atoms with Gasteiger partial charge in [0.25, 0.3) is 11.8 Å². The van der Waals surface area contributed by atoms with Crippen LogP contribution in [0, 0.1) is 6.92 Å². The van der Waals surface area contributed by atoms with E-state index in [0.717, 1.165) is 47.0 Å².